The van der Waals surface area contributed by atoms with Crippen LogP contribution < -0.4 is 5.32 Å². The average Bonchev–Trinajstić information content (AvgIpc) is 2.90. The lowest BCUT2D eigenvalue weighted by Gasteiger charge is -2.33. The van der Waals surface area contributed by atoms with Crippen LogP contribution >= 0.6 is 11.3 Å². The highest BCUT2D eigenvalue weighted by Crippen LogP contribution is 2.30. The van der Waals surface area contributed by atoms with E-state index in [4.69, 9.17) is 0 Å². The van der Waals surface area contributed by atoms with Crippen molar-refractivity contribution in [3.8, 4) is 0 Å². The number of likely N-dealkylation sites (tertiary alicyclic amines) is 1. The second-order valence-electron chi connectivity index (χ2n) is 6.54. The number of carbonyl (C=O) groups excluding carboxylic acids is 1. The Morgan fingerprint density at radius 1 is 1.35 bits per heavy atom. The van der Waals surface area contributed by atoms with Crippen LogP contribution in [0.4, 0.5) is 0 Å². The quantitative estimate of drug-likeness (QED) is 0.833. The van der Waals surface area contributed by atoms with E-state index in [0.717, 1.165) is 30.0 Å². The van der Waals surface area contributed by atoms with Crippen LogP contribution in [0.1, 0.15) is 47.8 Å². The van der Waals surface area contributed by atoms with E-state index in [1.165, 1.54) is 35.9 Å². The Kier molecular flexibility index (Phi) is 5.34. The van der Waals surface area contributed by atoms with Gasteiger partial charge in [-0.1, -0.05) is 24.6 Å². The number of rotatable bonds is 5. The number of hydrogen-bond acceptors (Lipinski definition) is 3. The summed E-state index contributed by atoms with van der Waals surface area (Å²) in [5, 5.41) is 4.30. The van der Waals surface area contributed by atoms with Crippen LogP contribution in [-0.2, 0) is 0 Å². The molecule has 1 amide bonds. The number of fused-ring (bicyclic) bond motifs is 1. The zero-order chi connectivity index (χ0) is 16.2. The molecule has 0 radical (unpaired) electrons. The summed E-state index contributed by atoms with van der Waals surface area (Å²) >= 11 is 1.60. The molecule has 0 spiro atoms. The molecule has 0 unspecified atom stereocenters. The van der Waals surface area contributed by atoms with E-state index < -0.39 is 0 Å². The summed E-state index contributed by atoms with van der Waals surface area (Å²) in [6.07, 6.45) is 5.02. The summed E-state index contributed by atoms with van der Waals surface area (Å²) < 4.78 is 1.19. The highest BCUT2D eigenvalue weighted by molar-refractivity contribution is 7.21. The first-order valence-corrected chi connectivity index (χ1v) is 9.49. The van der Waals surface area contributed by atoms with E-state index in [1.807, 2.05) is 19.1 Å². The molecule has 1 saturated heterocycles. The first-order valence-electron chi connectivity index (χ1n) is 8.67. The van der Waals surface area contributed by atoms with E-state index in [0.29, 0.717) is 6.04 Å². The fraction of sp³-hybridized carbons (Fsp3) is 0.526. The Labute approximate surface area is 142 Å². The topological polar surface area (TPSA) is 32.3 Å². The van der Waals surface area contributed by atoms with E-state index in [2.05, 4.69) is 29.3 Å². The van der Waals surface area contributed by atoms with Crippen LogP contribution in [0.25, 0.3) is 10.1 Å². The second-order valence-corrected chi connectivity index (χ2v) is 7.59. The fourth-order valence-corrected chi connectivity index (χ4v) is 4.57. The number of thiophene rings is 1. The highest BCUT2D eigenvalue weighted by Gasteiger charge is 2.18. The lowest BCUT2D eigenvalue weighted by atomic mass is 10.0. The summed E-state index contributed by atoms with van der Waals surface area (Å²) in [6.45, 7) is 7.43. The molecule has 0 saturated carbocycles. The van der Waals surface area contributed by atoms with Crippen molar-refractivity contribution in [1.82, 2.24) is 10.2 Å². The Morgan fingerprint density at radius 3 is 2.96 bits per heavy atom. The predicted octanol–water partition coefficient (Wildman–Crippen LogP) is 4.20. The van der Waals surface area contributed by atoms with Crippen molar-refractivity contribution in [3.63, 3.8) is 0 Å². The summed E-state index contributed by atoms with van der Waals surface area (Å²) in [7, 11) is 0. The molecule has 3 rings (SSSR count). The number of carbonyl (C=O) groups is 1. The molecule has 4 heteroatoms. The van der Waals surface area contributed by atoms with E-state index in [9.17, 15) is 4.79 Å². The van der Waals surface area contributed by atoms with Gasteiger partial charge in [0.25, 0.3) is 5.91 Å². The number of amides is 1. The maximum atomic E-state index is 12.4. The number of nitrogens with zero attached hydrogens (tertiary/aromatic N) is 1. The number of nitrogens with one attached hydrogen (secondary N) is 1. The number of hydrogen-bond donors (Lipinski definition) is 1. The number of piperidine rings is 1. The SMILES string of the molecule is Cc1c(C(=O)NCCCN2CCCC[C@@H]2C)sc2ccccc12. The van der Waals surface area contributed by atoms with Crippen LogP contribution in [0.5, 0.6) is 0 Å². The molecule has 1 aromatic carbocycles. The van der Waals surface area contributed by atoms with Gasteiger partial charge in [0.2, 0.25) is 0 Å². The van der Waals surface area contributed by atoms with E-state index >= 15 is 0 Å². The number of aryl methyl sites for hydroxylation is 1. The first-order chi connectivity index (χ1) is 11.2. The van der Waals surface area contributed by atoms with Crippen molar-refractivity contribution in [1.29, 1.82) is 0 Å². The van der Waals surface area contributed by atoms with Crippen molar-refractivity contribution in [2.75, 3.05) is 19.6 Å². The molecule has 124 valence electrons. The Bertz CT molecular complexity index is 679. The molecule has 0 bridgehead atoms. The lowest BCUT2D eigenvalue weighted by molar-refractivity contribution is 0.0952. The lowest BCUT2D eigenvalue weighted by Crippen LogP contribution is -2.39. The fourth-order valence-electron chi connectivity index (χ4n) is 3.45. The molecule has 1 aromatic heterocycles. The molecule has 1 N–H and O–H groups in total. The molecule has 1 aliphatic rings. The Morgan fingerprint density at radius 2 is 2.17 bits per heavy atom. The molecule has 23 heavy (non-hydrogen) atoms. The third kappa shape index (κ3) is 3.75. The van der Waals surface area contributed by atoms with Gasteiger partial charge in [-0.3, -0.25) is 4.79 Å². The van der Waals surface area contributed by atoms with Gasteiger partial charge in [0.05, 0.1) is 4.88 Å². The maximum Gasteiger partial charge on any atom is 0.261 e. The molecule has 1 atom stereocenters. The molecule has 0 aliphatic carbocycles. The van der Waals surface area contributed by atoms with E-state index in [-0.39, 0.29) is 5.91 Å². The van der Waals surface area contributed by atoms with Crippen molar-refractivity contribution in [2.45, 2.75) is 45.6 Å². The molecule has 2 aromatic rings. The zero-order valence-corrected chi connectivity index (χ0v) is 14.9. The molecule has 3 nitrogen and oxygen atoms in total. The van der Waals surface area contributed by atoms with Gasteiger partial charge in [-0.15, -0.1) is 11.3 Å². The Balaban J connectivity index is 1.51. The van der Waals surface area contributed by atoms with E-state index in [1.54, 1.807) is 11.3 Å². The third-order valence-electron chi connectivity index (χ3n) is 4.90. The van der Waals surface area contributed by atoms with Crippen LogP contribution in [0, 0.1) is 6.92 Å². The average molecular weight is 330 g/mol. The van der Waals surface area contributed by atoms with Crippen molar-refractivity contribution in [3.05, 3.63) is 34.7 Å². The number of benzene rings is 1. The summed E-state index contributed by atoms with van der Waals surface area (Å²) in [5.41, 5.74) is 1.10. The standard InChI is InChI=1S/C19H26N2OS/c1-14-8-5-6-12-21(14)13-7-11-20-19(22)18-15(2)16-9-3-4-10-17(16)23-18/h3-4,9-10,14H,5-8,11-13H2,1-2H3,(H,20,22)/t14-/m0/s1. The molecular formula is C19H26N2OS. The van der Waals surface area contributed by atoms with Crippen LogP contribution in [0.15, 0.2) is 24.3 Å². The first kappa shape index (κ1) is 16.5. The zero-order valence-electron chi connectivity index (χ0n) is 14.1. The minimum Gasteiger partial charge on any atom is -0.351 e. The monoisotopic (exact) mass is 330 g/mol. The minimum atomic E-state index is 0.0791. The largest absolute Gasteiger partial charge is 0.351 e. The maximum absolute atomic E-state index is 12.4. The van der Waals surface area contributed by atoms with Gasteiger partial charge >= 0.3 is 0 Å². The van der Waals surface area contributed by atoms with Crippen molar-refractivity contribution < 1.29 is 4.79 Å². The smallest absolute Gasteiger partial charge is 0.261 e. The highest BCUT2D eigenvalue weighted by atomic mass is 32.1. The minimum absolute atomic E-state index is 0.0791. The third-order valence-corrected chi connectivity index (χ3v) is 6.17. The Hall–Kier alpha value is -1.39. The second kappa shape index (κ2) is 7.45. The molecule has 2 heterocycles. The normalized spacial score (nSPS) is 19.1. The summed E-state index contributed by atoms with van der Waals surface area (Å²) in [6, 6.07) is 8.94. The van der Waals surface area contributed by atoms with Gasteiger partial charge in [0.1, 0.15) is 0 Å². The summed E-state index contributed by atoms with van der Waals surface area (Å²) in [4.78, 5) is 15.9. The van der Waals surface area contributed by atoms with Gasteiger partial charge in [-0.05, 0) is 56.7 Å². The molecule has 1 aliphatic heterocycles. The van der Waals surface area contributed by atoms with Crippen LogP contribution in [-0.4, -0.2) is 36.5 Å². The van der Waals surface area contributed by atoms with Crippen molar-refractivity contribution in [2.24, 2.45) is 0 Å². The van der Waals surface area contributed by atoms with Gasteiger partial charge < -0.3 is 10.2 Å². The molecule has 1 fully saturated rings. The summed E-state index contributed by atoms with van der Waals surface area (Å²) in [5.74, 6) is 0.0791. The van der Waals surface area contributed by atoms with Gasteiger partial charge in [-0.2, -0.15) is 0 Å². The van der Waals surface area contributed by atoms with Gasteiger partial charge in [0, 0.05) is 23.8 Å². The molecular weight excluding hydrogens is 304 g/mol. The van der Waals surface area contributed by atoms with Gasteiger partial charge in [-0.25, -0.2) is 0 Å². The predicted molar refractivity (Wildman–Crippen MR) is 98.4 cm³/mol. The van der Waals surface area contributed by atoms with Crippen LogP contribution in [0.3, 0.4) is 0 Å². The van der Waals surface area contributed by atoms with Crippen molar-refractivity contribution >= 4 is 27.3 Å². The van der Waals surface area contributed by atoms with Gasteiger partial charge in [0.15, 0.2) is 0 Å². The van der Waals surface area contributed by atoms with Crippen LogP contribution in [0.2, 0.25) is 0 Å².